The molecule has 0 atom stereocenters. The average Bonchev–Trinajstić information content (AvgIpc) is 3.11. The van der Waals surface area contributed by atoms with Crippen molar-refractivity contribution < 1.29 is 0 Å². The molecule has 3 aromatic heterocycles. The van der Waals surface area contributed by atoms with Gasteiger partial charge in [-0.3, -0.25) is 0 Å². The Bertz CT molecular complexity index is 705. The molecule has 11 nitrogen and oxygen atoms in total. The number of nitrogens with one attached hydrogen (secondary N) is 1. The lowest BCUT2D eigenvalue weighted by molar-refractivity contribution is 0.663. The highest BCUT2D eigenvalue weighted by atomic mass is 32.2. The van der Waals surface area contributed by atoms with Gasteiger partial charge >= 0.3 is 0 Å². The van der Waals surface area contributed by atoms with Crippen LogP contribution in [0, 0.1) is 0 Å². The molecule has 0 saturated carbocycles. The van der Waals surface area contributed by atoms with Crippen LogP contribution in [0.3, 0.4) is 0 Å². The molecule has 0 radical (unpaired) electrons. The summed E-state index contributed by atoms with van der Waals surface area (Å²) in [4.78, 5) is 16.6. The molecule has 0 aliphatic heterocycles. The second-order valence-corrected chi connectivity index (χ2v) is 4.45. The van der Waals surface area contributed by atoms with E-state index in [1.807, 2.05) is 0 Å². The molecular weight excluding hydrogens is 282 g/mol. The average molecular weight is 291 g/mol. The lowest BCUT2D eigenvalue weighted by Crippen LogP contribution is -2.08. The zero-order chi connectivity index (χ0) is 13.9. The van der Waals surface area contributed by atoms with Gasteiger partial charge in [0.05, 0.1) is 0 Å². The molecule has 0 spiro atoms. The van der Waals surface area contributed by atoms with Crippen molar-refractivity contribution in [1.29, 1.82) is 0 Å². The molecule has 0 saturated heterocycles. The Hall–Kier alpha value is -2.63. The maximum absolute atomic E-state index is 4.29. The topological polar surface area (TPSA) is 125 Å². The normalized spacial score (nSPS) is 10.7. The fourth-order valence-electron chi connectivity index (χ4n) is 1.31. The van der Waals surface area contributed by atoms with Crippen LogP contribution in [0.5, 0.6) is 0 Å². The van der Waals surface area contributed by atoms with E-state index in [4.69, 9.17) is 0 Å². The Morgan fingerprint density at radius 1 is 1.25 bits per heavy atom. The van der Waals surface area contributed by atoms with Gasteiger partial charge in [-0.25, -0.2) is 9.67 Å². The van der Waals surface area contributed by atoms with E-state index >= 15 is 0 Å². The minimum atomic E-state index is 0.361. The lowest BCUT2D eigenvalue weighted by atomic mass is 10.8. The molecule has 102 valence electrons. The Morgan fingerprint density at radius 2 is 2.15 bits per heavy atom. The highest BCUT2D eigenvalue weighted by Gasteiger charge is 2.12. The number of hydrogen-bond donors (Lipinski definition) is 1. The van der Waals surface area contributed by atoms with Crippen molar-refractivity contribution in [2.45, 2.75) is 10.3 Å². The third-order valence-corrected chi connectivity index (χ3v) is 3.11. The van der Waals surface area contributed by atoms with E-state index < -0.39 is 0 Å². The zero-order valence-corrected chi connectivity index (χ0v) is 11.4. The smallest absolute Gasteiger partial charge is 0.257 e. The monoisotopic (exact) mass is 291 g/mol. The van der Waals surface area contributed by atoms with Crippen LogP contribution in [0.1, 0.15) is 0 Å². The van der Waals surface area contributed by atoms with E-state index in [-0.39, 0.29) is 0 Å². The van der Waals surface area contributed by atoms with Gasteiger partial charge < -0.3 is 5.32 Å². The molecule has 0 aromatic carbocycles. The van der Waals surface area contributed by atoms with Crippen molar-refractivity contribution in [3.05, 3.63) is 12.7 Å². The highest BCUT2D eigenvalue weighted by Crippen LogP contribution is 2.22. The van der Waals surface area contributed by atoms with E-state index in [0.717, 1.165) is 0 Å². The van der Waals surface area contributed by atoms with Crippen LogP contribution in [0.15, 0.2) is 23.0 Å². The fraction of sp³-hybridized carbons (Fsp3) is 0.250. The molecule has 3 heterocycles. The minimum Gasteiger partial charge on any atom is -0.357 e. The fourth-order valence-corrected chi connectivity index (χ4v) is 1.98. The van der Waals surface area contributed by atoms with E-state index in [2.05, 4.69) is 45.9 Å². The van der Waals surface area contributed by atoms with Crippen LogP contribution in [0.2, 0.25) is 0 Å². The molecule has 0 fully saturated rings. The summed E-state index contributed by atoms with van der Waals surface area (Å²) in [7, 11) is 3.46. The zero-order valence-electron chi connectivity index (χ0n) is 10.5. The summed E-state index contributed by atoms with van der Waals surface area (Å²) >= 11 is 1.22. The molecule has 3 aromatic rings. The van der Waals surface area contributed by atoms with Crippen molar-refractivity contribution in [2.24, 2.45) is 7.05 Å². The van der Waals surface area contributed by atoms with Crippen molar-refractivity contribution in [2.75, 3.05) is 12.4 Å². The Balaban J connectivity index is 1.98. The van der Waals surface area contributed by atoms with Crippen LogP contribution in [0.25, 0.3) is 5.95 Å². The second-order valence-electron chi connectivity index (χ2n) is 3.52. The van der Waals surface area contributed by atoms with Gasteiger partial charge in [-0.2, -0.15) is 24.7 Å². The predicted molar refractivity (Wildman–Crippen MR) is 67.2 cm³/mol. The third kappa shape index (κ3) is 2.40. The summed E-state index contributed by atoms with van der Waals surface area (Å²) in [5.41, 5.74) is 0. The molecule has 12 heteroatoms. The number of nitrogens with zero attached hydrogens (tertiary/aromatic N) is 10. The quantitative estimate of drug-likeness (QED) is 0.650. The van der Waals surface area contributed by atoms with Gasteiger partial charge in [0.1, 0.15) is 12.7 Å². The first-order chi connectivity index (χ1) is 9.76. The summed E-state index contributed by atoms with van der Waals surface area (Å²) in [5.74, 6) is 0.780. The largest absolute Gasteiger partial charge is 0.357 e. The first kappa shape index (κ1) is 12.4. The summed E-state index contributed by atoms with van der Waals surface area (Å²) in [6.45, 7) is 0. The highest BCUT2D eigenvalue weighted by molar-refractivity contribution is 7.99. The molecule has 0 unspecified atom stereocenters. The van der Waals surface area contributed by atoms with Crippen LogP contribution < -0.4 is 5.32 Å². The van der Waals surface area contributed by atoms with Crippen molar-refractivity contribution in [3.8, 4) is 5.95 Å². The molecule has 20 heavy (non-hydrogen) atoms. The SMILES string of the molecule is CNc1nc(Sc2nnnn2C)nc(-n2cncn2)n1. The molecule has 1 N–H and O–H groups in total. The number of anilines is 1. The molecule has 0 aliphatic carbocycles. The maximum Gasteiger partial charge on any atom is 0.257 e. The Labute approximate surface area is 116 Å². The van der Waals surface area contributed by atoms with Crippen molar-refractivity contribution in [3.63, 3.8) is 0 Å². The second kappa shape index (κ2) is 5.16. The first-order valence-electron chi connectivity index (χ1n) is 5.45. The van der Waals surface area contributed by atoms with Gasteiger partial charge in [-0.05, 0) is 22.2 Å². The van der Waals surface area contributed by atoms with Crippen molar-refractivity contribution >= 4 is 17.7 Å². The lowest BCUT2D eigenvalue weighted by Gasteiger charge is -2.04. The van der Waals surface area contributed by atoms with E-state index in [1.54, 1.807) is 14.1 Å². The minimum absolute atomic E-state index is 0.361. The molecule has 0 aliphatic rings. The molecule has 3 rings (SSSR count). The Kier molecular flexibility index (Phi) is 3.20. The van der Waals surface area contributed by atoms with E-state index in [9.17, 15) is 0 Å². The standard InChI is InChI=1S/C8H9N11S/c1-9-5-12-6(19-4-10-3-11-19)14-7(13-5)20-8-15-16-17-18(8)2/h3-4H,1-2H3,(H,9,12,13,14). The number of hydrogen-bond acceptors (Lipinski definition) is 10. The van der Waals surface area contributed by atoms with Crippen LogP contribution in [0.4, 0.5) is 5.95 Å². The summed E-state index contributed by atoms with van der Waals surface area (Å²) in [6.07, 6.45) is 2.91. The van der Waals surface area contributed by atoms with Crippen molar-refractivity contribution in [1.82, 2.24) is 49.9 Å². The van der Waals surface area contributed by atoms with Gasteiger partial charge in [-0.1, -0.05) is 0 Å². The summed E-state index contributed by atoms with van der Waals surface area (Å²) in [6, 6.07) is 0. The molecule has 0 amide bonds. The first-order valence-corrected chi connectivity index (χ1v) is 6.27. The van der Waals surface area contributed by atoms with Crippen LogP contribution in [-0.4, -0.2) is 57.0 Å². The summed E-state index contributed by atoms with van der Waals surface area (Å²) in [5, 5.41) is 19.1. The van der Waals surface area contributed by atoms with E-state index in [0.29, 0.717) is 22.2 Å². The number of aryl methyl sites for hydroxylation is 1. The maximum atomic E-state index is 4.29. The number of aromatic nitrogens is 10. The molecule has 0 bridgehead atoms. The molecular formula is C8H9N11S. The van der Waals surface area contributed by atoms with Crippen LogP contribution in [-0.2, 0) is 7.05 Å². The van der Waals surface area contributed by atoms with Gasteiger partial charge in [-0.15, -0.1) is 5.10 Å². The van der Waals surface area contributed by atoms with E-state index in [1.165, 1.54) is 33.8 Å². The third-order valence-electron chi connectivity index (χ3n) is 2.21. The number of tetrazole rings is 1. The van der Waals surface area contributed by atoms with Gasteiger partial charge in [0.2, 0.25) is 16.3 Å². The van der Waals surface area contributed by atoms with Crippen LogP contribution >= 0.6 is 11.8 Å². The Morgan fingerprint density at radius 3 is 2.80 bits per heavy atom. The van der Waals surface area contributed by atoms with Gasteiger partial charge in [0.25, 0.3) is 5.95 Å². The predicted octanol–water partition coefficient (Wildman–Crippen LogP) is -0.831. The number of rotatable bonds is 4. The van der Waals surface area contributed by atoms with Gasteiger partial charge in [0.15, 0.2) is 0 Å². The van der Waals surface area contributed by atoms with Gasteiger partial charge in [0, 0.05) is 14.1 Å². The summed E-state index contributed by atoms with van der Waals surface area (Å²) < 4.78 is 2.98.